The predicted molar refractivity (Wildman–Crippen MR) is 55.8 cm³/mol. The molecular weight excluding hydrogens is 198 g/mol. The molecule has 0 spiro atoms. The highest BCUT2D eigenvalue weighted by molar-refractivity contribution is 5.82. The number of carboxylic acids is 1. The minimum absolute atomic E-state index is 0.0648. The normalized spacial score (nSPS) is 12.4. The lowest BCUT2D eigenvalue weighted by molar-refractivity contribution is -0.873. The summed E-state index contributed by atoms with van der Waals surface area (Å²) < 4.78 is 0.682. The van der Waals surface area contributed by atoms with Gasteiger partial charge in [-0.05, 0) is 12.5 Å². The number of nitrogens with zero attached hydrogens (tertiary/aromatic N) is 1. The number of hydrogen-bond donors (Lipinski definition) is 2. The minimum atomic E-state index is -1.19. The number of aliphatic carboxylic acids is 1. The molecule has 1 unspecified atom stereocenters. The van der Waals surface area contributed by atoms with Crippen LogP contribution < -0.4 is 5.11 Å². The lowest BCUT2D eigenvalue weighted by Gasteiger charge is -2.25. The van der Waals surface area contributed by atoms with E-state index in [0.29, 0.717) is 11.0 Å². The number of likely N-dealkylation sites (N-methyl/N-ethyl adjacent to an activating group) is 1. The molecule has 0 aromatic carbocycles. The lowest BCUT2D eigenvalue weighted by Crippen LogP contribution is -2.42. The first kappa shape index (κ1) is 16.5. The molecule has 0 aliphatic rings. The quantitative estimate of drug-likeness (QED) is 0.439. The van der Waals surface area contributed by atoms with Crippen LogP contribution in [0.3, 0.4) is 0 Å². The maximum absolute atomic E-state index is 9.49. The van der Waals surface area contributed by atoms with Crippen molar-refractivity contribution in [2.45, 2.75) is 13.0 Å². The van der Waals surface area contributed by atoms with Crippen LogP contribution in [-0.4, -0.2) is 61.1 Å². The summed E-state index contributed by atoms with van der Waals surface area (Å²) in [7, 11) is 5.91. The van der Waals surface area contributed by atoms with Crippen LogP contribution in [0.25, 0.3) is 0 Å². The predicted octanol–water partition coefficient (Wildman–Crippen LogP) is -1.64. The van der Waals surface area contributed by atoms with Gasteiger partial charge in [0.1, 0.15) is 12.6 Å². The van der Waals surface area contributed by atoms with Gasteiger partial charge >= 0.3 is 0 Å². The fraction of sp³-hybridized carbons (Fsp3) is 0.700. The summed E-state index contributed by atoms with van der Waals surface area (Å²) >= 11 is 0. The molecular formula is C10H21NO4. The molecule has 0 radical (unpaired) electrons. The van der Waals surface area contributed by atoms with Gasteiger partial charge in [0.05, 0.1) is 33.7 Å². The fourth-order valence-electron chi connectivity index (χ4n) is 0.690. The molecule has 0 aromatic heterocycles. The zero-order valence-corrected chi connectivity index (χ0v) is 9.86. The molecule has 0 saturated heterocycles. The number of rotatable bonds is 4. The van der Waals surface area contributed by atoms with Crippen LogP contribution in [0.1, 0.15) is 6.92 Å². The van der Waals surface area contributed by atoms with Gasteiger partial charge in [0.15, 0.2) is 0 Å². The molecule has 0 aromatic rings. The highest BCUT2D eigenvalue weighted by Gasteiger charge is 2.13. The minimum Gasteiger partial charge on any atom is -0.545 e. The summed E-state index contributed by atoms with van der Waals surface area (Å²) in [6, 6.07) is 0. The Bertz CT molecular complexity index is 196. The average molecular weight is 219 g/mol. The Morgan fingerprint density at radius 1 is 1.47 bits per heavy atom. The van der Waals surface area contributed by atoms with Crippen molar-refractivity contribution in [1.82, 2.24) is 0 Å². The second kappa shape index (κ2) is 7.39. The van der Waals surface area contributed by atoms with Gasteiger partial charge in [-0.1, -0.05) is 6.58 Å². The number of carboxylic acid groups (broad SMARTS) is 1. The molecule has 0 amide bonds. The van der Waals surface area contributed by atoms with Crippen LogP contribution in [0.4, 0.5) is 0 Å². The molecule has 0 rings (SSSR count). The molecule has 0 aliphatic carbocycles. The molecule has 90 valence electrons. The third-order valence-corrected chi connectivity index (χ3v) is 1.32. The van der Waals surface area contributed by atoms with E-state index in [0.717, 1.165) is 0 Å². The van der Waals surface area contributed by atoms with Gasteiger partial charge in [0.2, 0.25) is 0 Å². The summed E-state index contributed by atoms with van der Waals surface area (Å²) in [5, 5.41) is 26.9. The fourth-order valence-corrected chi connectivity index (χ4v) is 0.690. The molecule has 0 saturated carbocycles. The number of quaternary nitrogens is 1. The van der Waals surface area contributed by atoms with Gasteiger partial charge in [-0.15, -0.1) is 0 Å². The topological polar surface area (TPSA) is 80.6 Å². The Balaban J connectivity index is 0. The standard InChI is InChI=1S/C6H16NO2.C4H6O2/c1-7(2,3)4-6(9)5-8;1-3(2)4(5)6/h6,8-9H,4-5H2,1-3H3;1H2,2H3,(H,5,6)/q+1;/p-1. The molecule has 2 N–H and O–H groups in total. The van der Waals surface area contributed by atoms with Crippen molar-refractivity contribution in [3.05, 3.63) is 12.2 Å². The number of aliphatic hydroxyl groups is 2. The molecule has 0 fully saturated rings. The number of carbonyl (C=O) groups is 1. The van der Waals surface area contributed by atoms with E-state index in [-0.39, 0.29) is 12.2 Å². The van der Waals surface area contributed by atoms with Crippen LogP contribution in [0.5, 0.6) is 0 Å². The monoisotopic (exact) mass is 219 g/mol. The van der Waals surface area contributed by atoms with Gasteiger partial charge in [-0.2, -0.15) is 0 Å². The van der Waals surface area contributed by atoms with Crippen molar-refractivity contribution >= 4 is 5.97 Å². The van der Waals surface area contributed by atoms with E-state index in [1.165, 1.54) is 6.92 Å². The second-order valence-corrected chi connectivity index (χ2v) is 4.38. The molecule has 1 atom stereocenters. The van der Waals surface area contributed by atoms with Crippen molar-refractivity contribution in [1.29, 1.82) is 0 Å². The Kier molecular flexibility index (Phi) is 8.14. The SMILES string of the molecule is C=C(C)C(=O)[O-].C[N+](C)(C)CC(O)CO. The Labute approximate surface area is 90.9 Å². The van der Waals surface area contributed by atoms with Crippen molar-refractivity contribution in [3.8, 4) is 0 Å². The van der Waals surface area contributed by atoms with E-state index in [2.05, 4.69) is 6.58 Å². The zero-order chi connectivity index (χ0) is 12.6. The van der Waals surface area contributed by atoms with E-state index in [1.807, 2.05) is 21.1 Å². The van der Waals surface area contributed by atoms with E-state index in [9.17, 15) is 9.90 Å². The number of aliphatic hydroxyl groups excluding tert-OH is 2. The van der Waals surface area contributed by atoms with Gasteiger partial charge in [0, 0.05) is 0 Å². The smallest absolute Gasteiger partial charge is 0.126 e. The first-order valence-electron chi connectivity index (χ1n) is 4.56. The average Bonchev–Trinajstić information content (AvgIpc) is 2.02. The highest BCUT2D eigenvalue weighted by Crippen LogP contribution is 1.92. The Morgan fingerprint density at radius 2 is 1.80 bits per heavy atom. The molecule has 0 bridgehead atoms. The maximum Gasteiger partial charge on any atom is 0.126 e. The molecule has 0 heterocycles. The van der Waals surface area contributed by atoms with Gasteiger partial charge in [0.25, 0.3) is 0 Å². The van der Waals surface area contributed by atoms with Gasteiger partial charge < -0.3 is 24.6 Å². The summed E-state index contributed by atoms with van der Waals surface area (Å²) in [6.45, 7) is 4.93. The molecule has 5 heteroatoms. The number of hydrogen-bond acceptors (Lipinski definition) is 4. The zero-order valence-electron chi connectivity index (χ0n) is 9.86. The van der Waals surface area contributed by atoms with Crippen LogP contribution in [-0.2, 0) is 4.79 Å². The first-order valence-corrected chi connectivity index (χ1v) is 4.56. The number of carbonyl (C=O) groups excluding carboxylic acids is 1. The van der Waals surface area contributed by atoms with E-state index >= 15 is 0 Å². The van der Waals surface area contributed by atoms with E-state index in [4.69, 9.17) is 10.2 Å². The first-order chi connectivity index (χ1) is 6.60. The molecule has 0 aliphatic heterocycles. The highest BCUT2D eigenvalue weighted by atomic mass is 16.4. The summed E-state index contributed by atoms with van der Waals surface area (Å²) in [6.07, 6.45) is -0.579. The van der Waals surface area contributed by atoms with Crippen molar-refractivity contribution in [3.63, 3.8) is 0 Å². The summed E-state index contributed by atoms with van der Waals surface area (Å²) in [5.41, 5.74) is 0.0648. The van der Waals surface area contributed by atoms with Crippen LogP contribution in [0.2, 0.25) is 0 Å². The second-order valence-electron chi connectivity index (χ2n) is 4.38. The van der Waals surface area contributed by atoms with Crippen LogP contribution in [0.15, 0.2) is 12.2 Å². The Morgan fingerprint density at radius 3 is 1.87 bits per heavy atom. The van der Waals surface area contributed by atoms with E-state index < -0.39 is 12.1 Å². The Hall–Kier alpha value is -0.910. The van der Waals surface area contributed by atoms with Crippen molar-refractivity contribution in [2.24, 2.45) is 0 Å². The van der Waals surface area contributed by atoms with Gasteiger partial charge in [-0.25, -0.2) is 0 Å². The third-order valence-electron chi connectivity index (χ3n) is 1.32. The van der Waals surface area contributed by atoms with Crippen LogP contribution in [0, 0.1) is 0 Å². The summed E-state index contributed by atoms with van der Waals surface area (Å²) in [5.74, 6) is -1.19. The molecule has 15 heavy (non-hydrogen) atoms. The largest absolute Gasteiger partial charge is 0.545 e. The maximum atomic E-state index is 9.49. The van der Waals surface area contributed by atoms with Crippen molar-refractivity contribution in [2.75, 3.05) is 34.3 Å². The molecule has 5 nitrogen and oxygen atoms in total. The van der Waals surface area contributed by atoms with Crippen LogP contribution >= 0.6 is 0 Å². The van der Waals surface area contributed by atoms with Crippen molar-refractivity contribution < 1.29 is 24.6 Å². The lowest BCUT2D eigenvalue weighted by atomic mass is 10.3. The summed E-state index contributed by atoms with van der Waals surface area (Å²) in [4.78, 5) is 9.49. The third kappa shape index (κ3) is 15.8. The van der Waals surface area contributed by atoms with Gasteiger partial charge in [-0.3, -0.25) is 0 Å². The van der Waals surface area contributed by atoms with E-state index in [1.54, 1.807) is 0 Å².